The van der Waals surface area contributed by atoms with Gasteiger partial charge in [-0.15, -0.1) is 0 Å². The molecule has 0 aromatic heterocycles. The van der Waals surface area contributed by atoms with E-state index >= 15 is 0 Å². The Morgan fingerprint density at radius 3 is 1.34 bits per heavy atom. The minimum absolute atomic E-state index is 0.112. The molecule has 0 radical (unpaired) electrons. The number of fused-ring (bicyclic) bond motifs is 2. The Bertz CT molecular complexity index is 1330. The van der Waals surface area contributed by atoms with Crippen molar-refractivity contribution in [2.45, 2.75) is 0 Å². The first-order chi connectivity index (χ1) is 15.2. The van der Waals surface area contributed by atoms with E-state index in [0.29, 0.717) is 21.5 Å². The van der Waals surface area contributed by atoms with Crippen LogP contribution in [0.2, 0.25) is 0 Å². The third kappa shape index (κ3) is 4.39. The normalized spacial score (nSPS) is 10.2. The van der Waals surface area contributed by atoms with Crippen LogP contribution in [-0.2, 0) is 0 Å². The van der Waals surface area contributed by atoms with Gasteiger partial charge in [0.2, 0.25) is 0 Å². The summed E-state index contributed by atoms with van der Waals surface area (Å²) in [6, 6.07) is 18.3. The molecule has 0 saturated heterocycles. The monoisotopic (exact) mass is 432 g/mol. The fraction of sp³-hybridized carbons (Fsp3) is 0. The van der Waals surface area contributed by atoms with E-state index in [0.717, 1.165) is 0 Å². The van der Waals surface area contributed by atoms with Crippen molar-refractivity contribution < 1.29 is 39.6 Å². The second kappa shape index (κ2) is 8.97. The lowest BCUT2D eigenvalue weighted by Gasteiger charge is -2.04. The first-order valence-corrected chi connectivity index (χ1v) is 9.18. The van der Waals surface area contributed by atoms with Gasteiger partial charge in [-0.2, -0.15) is 0 Å². The van der Waals surface area contributed by atoms with Crippen molar-refractivity contribution >= 4 is 45.4 Å². The molecule has 4 aromatic rings. The van der Waals surface area contributed by atoms with Crippen LogP contribution in [0.1, 0.15) is 41.4 Å². The van der Waals surface area contributed by atoms with Crippen LogP contribution in [-0.4, -0.2) is 44.3 Å². The van der Waals surface area contributed by atoms with Crippen LogP contribution >= 0.6 is 0 Å². The molecule has 0 bridgehead atoms. The largest absolute Gasteiger partial charge is 0.478 e. The Kier molecular flexibility index (Phi) is 6.16. The SMILES string of the molecule is O=C(O)c1ccc2c(C(=O)O)cccc2c1.O=C(O)c1cccc2c(C(=O)O)cccc12. The van der Waals surface area contributed by atoms with Gasteiger partial charge in [0.1, 0.15) is 0 Å². The molecule has 160 valence electrons. The molecular weight excluding hydrogens is 416 g/mol. The summed E-state index contributed by atoms with van der Waals surface area (Å²) in [5.74, 6) is -4.17. The highest BCUT2D eigenvalue weighted by Crippen LogP contribution is 2.23. The van der Waals surface area contributed by atoms with Gasteiger partial charge in [-0.1, -0.05) is 42.5 Å². The number of aromatic carboxylic acids is 4. The number of carboxylic acids is 4. The maximum atomic E-state index is 10.9. The Morgan fingerprint density at radius 2 is 0.906 bits per heavy atom. The summed E-state index contributed by atoms with van der Waals surface area (Å²) in [6.45, 7) is 0. The van der Waals surface area contributed by atoms with Gasteiger partial charge in [-0.05, 0) is 51.9 Å². The third-order valence-corrected chi connectivity index (χ3v) is 4.74. The average Bonchev–Trinajstić information content (AvgIpc) is 2.77. The Labute approximate surface area is 180 Å². The van der Waals surface area contributed by atoms with Crippen LogP contribution in [0.5, 0.6) is 0 Å². The summed E-state index contributed by atoms with van der Waals surface area (Å²) in [5, 5.41) is 37.7. The molecule has 0 saturated carbocycles. The number of benzene rings is 4. The summed E-state index contributed by atoms with van der Waals surface area (Å²) in [6.07, 6.45) is 0. The highest BCUT2D eigenvalue weighted by Gasteiger charge is 2.13. The summed E-state index contributed by atoms with van der Waals surface area (Å²) in [4.78, 5) is 43.6. The van der Waals surface area contributed by atoms with E-state index in [9.17, 15) is 19.2 Å². The van der Waals surface area contributed by atoms with Crippen LogP contribution in [0.15, 0.2) is 72.8 Å². The van der Waals surface area contributed by atoms with Gasteiger partial charge < -0.3 is 20.4 Å². The quantitative estimate of drug-likeness (QED) is 0.369. The van der Waals surface area contributed by atoms with Gasteiger partial charge in [0, 0.05) is 0 Å². The molecule has 0 fully saturated rings. The zero-order chi connectivity index (χ0) is 23.4. The van der Waals surface area contributed by atoms with E-state index in [1.165, 1.54) is 48.5 Å². The van der Waals surface area contributed by atoms with Crippen molar-refractivity contribution in [3.63, 3.8) is 0 Å². The predicted molar refractivity (Wildman–Crippen MR) is 116 cm³/mol. The zero-order valence-corrected chi connectivity index (χ0v) is 16.4. The average molecular weight is 432 g/mol. The van der Waals surface area contributed by atoms with Crippen molar-refractivity contribution in [2.75, 3.05) is 0 Å². The molecule has 8 heteroatoms. The minimum Gasteiger partial charge on any atom is -0.478 e. The van der Waals surface area contributed by atoms with E-state index in [2.05, 4.69) is 0 Å². The second-order valence-electron chi connectivity index (χ2n) is 6.67. The fourth-order valence-corrected chi connectivity index (χ4v) is 3.29. The molecule has 0 heterocycles. The van der Waals surface area contributed by atoms with E-state index < -0.39 is 23.9 Å². The lowest BCUT2D eigenvalue weighted by atomic mass is 10.0. The molecule has 4 aromatic carbocycles. The molecule has 0 aliphatic heterocycles. The van der Waals surface area contributed by atoms with E-state index in [1.807, 2.05) is 0 Å². The Hall–Kier alpha value is -4.72. The van der Waals surface area contributed by atoms with Crippen LogP contribution in [0.3, 0.4) is 0 Å². The maximum Gasteiger partial charge on any atom is 0.336 e. The van der Waals surface area contributed by atoms with Crippen molar-refractivity contribution in [3.05, 3.63) is 95.1 Å². The molecule has 0 aliphatic carbocycles. The summed E-state index contributed by atoms with van der Waals surface area (Å²) >= 11 is 0. The van der Waals surface area contributed by atoms with Crippen molar-refractivity contribution in [3.8, 4) is 0 Å². The van der Waals surface area contributed by atoms with Crippen molar-refractivity contribution in [2.24, 2.45) is 0 Å². The van der Waals surface area contributed by atoms with Crippen LogP contribution < -0.4 is 0 Å². The molecule has 0 aliphatic rings. The molecule has 0 spiro atoms. The van der Waals surface area contributed by atoms with E-state index in [-0.39, 0.29) is 22.3 Å². The molecular formula is C24H16O8. The standard InChI is InChI=1S/2C12H8O4/c13-11(14)9-5-1-3-7-8(9)4-2-6-10(7)12(15)16;13-11(14)8-4-5-9-7(6-8)2-1-3-10(9)12(15)16/h2*1-6H,(H,13,14)(H,15,16). The van der Waals surface area contributed by atoms with Gasteiger partial charge in [0.15, 0.2) is 0 Å². The van der Waals surface area contributed by atoms with Crippen LogP contribution in [0.4, 0.5) is 0 Å². The molecule has 0 amide bonds. The Balaban J connectivity index is 0.000000181. The fourth-order valence-electron chi connectivity index (χ4n) is 3.29. The molecule has 0 atom stereocenters. The predicted octanol–water partition coefficient (Wildman–Crippen LogP) is 4.47. The second-order valence-corrected chi connectivity index (χ2v) is 6.67. The van der Waals surface area contributed by atoms with Gasteiger partial charge in [0.05, 0.1) is 22.3 Å². The summed E-state index contributed by atoms with van der Waals surface area (Å²) < 4.78 is 0. The lowest BCUT2D eigenvalue weighted by molar-refractivity contribution is 0.0686. The van der Waals surface area contributed by atoms with Crippen LogP contribution in [0.25, 0.3) is 21.5 Å². The molecule has 4 rings (SSSR count). The molecule has 32 heavy (non-hydrogen) atoms. The highest BCUT2D eigenvalue weighted by atomic mass is 16.4. The smallest absolute Gasteiger partial charge is 0.336 e. The van der Waals surface area contributed by atoms with E-state index in [4.69, 9.17) is 20.4 Å². The zero-order valence-electron chi connectivity index (χ0n) is 16.4. The lowest BCUT2D eigenvalue weighted by Crippen LogP contribution is -2.01. The van der Waals surface area contributed by atoms with Gasteiger partial charge >= 0.3 is 23.9 Å². The highest BCUT2D eigenvalue weighted by molar-refractivity contribution is 6.10. The van der Waals surface area contributed by atoms with E-state index in [1.54, 1.807) is 24.3 Å². The molecule has 4 N–H and O–H groups in total. The number of hydrogen-bond acceptors (Lipinski definition) is 4. The summed E-state index contributed by atoms with van der Waals surface area (Å²) in [7, 11) is 0. The van der Waals surface area contributed by atoms with Gasteiger partial charge in [0.25, 0.3) is 0 Å². The van der Waals surface area contributed by atoms with Crippen molar-refractivity contribution in [1.29, 1.82) is 0 Å². The minimum atomic E-state index is -1.06. The first-order valence-electron chi connectivity index (χ1n) is 9.18. The van der Waals surface area contributed by atoms with Crippen LogP contribution in [0, 0.1) is 0 Å². The van der Waals surface area contributed by atoms with Crippen molar-refractivity contribution in [1.82, 2.24) is 0 Å². The molecule has 0 unspecified atom stereocenters. The Morgan fingerprint density at radius 1 is 0.469 bits per heavy atom. The number of hydrogen-bond donors (Lipinski definition) is 4. The number of rotatable bonds is 4. The van der Waals surface area contributed by atoms with Gasteiger partial charge in [-0.3, -0.25) is 0 Å². The number of carboxylic acid groups (broad SMARTS) is 4. The number of carbonyl (C=O) groups is 4. The first kappa shape index (κ1) is 22.0. The van der Waals surface area contributed by atoms with Gasteiger partial charge in [-0.25, -0.2) is 19.2 Å². The topological polar surface area (TPSA) is 149 Å². The maximum absolute atomic E-state index is 10.9. The third-order valence-electron chi connectivity index (χ3n) is 4.74. The summed E-state index contributed by atoms with van der Waals surface area (Å²) in [5.41, 5.74) is 0.547. The molecule has 8 nitrogen and oxygen atoms in total.